The van der Waals surface area contributed by atoms with Crippen molar-refractivity contribution in [1.29, 1.82) is 0 Å². The Morgan fingerprint density at radius 1 is 1.56 bits per heavy atom. The zero-order valence-electron chi connectivity index (χ0n) is 4.80. The third-order valence-electron chi connectivity index (χ3n) is 0.522. The summed E-state index contributed by atoms with van der Waals surface area (Å²) in [5.74, 6) is 0. The van der Waals surface area contributed by atoms with Crippen LogP contribution >= 0.6 is 15.9 Å². The number of rotatable bonds is 3. The van der Waals surface area contributed by atoms with E-state index in [1.54, 1.807) is 0 Å². The second kappa shape index (κ2) is 4.21. The van der Waals surface area contributed by atoms with E-state index in [1.165, 1.54) is 6.21 Å². The van der Waals surface area contributed by atoms with Crippen LogP contribution in [-0.2, 0) is 4.79 Å². The molecule has 9 heavy (non-hydrogen) atoms. The number of aldehydes is 1. The predicted octanol–water partition coefficient (Wildman–Crippen LogP) is 1.68. The van der Waals surface area contributed by atoms with Gasteiger partial charge in [0, 0.05) is 11.8 Å². The first-order valence-corrected chi connectivity index (χ1v) is 2.98. The summed E-state index contributed by atoms with van der Waals surface area (Å²) in [5, 5.41) is 0. The summed E-state index contributed by atoms with van der Waals surface area (Å²) in [7, 11) is 0. The van der Waals surface area contributed by atoms with E-state index in [-0.39, 0.29) is 0 Å². The van der Waals surface area contributed by atoms with Crippen LogP contribution in [0.4, 0.5) is 0 Å². The summed E-state index contributed by atoms with van der Waals surface area (Å²) < 4.78 is 0.477. The normalized spacial score (nSPS) is 9.44. The highest BCUT2D eigenvalue weighted by Gasteiger charge is 1.81. The topological polar surface area (TPSA) is 29.4 Å². The molecule has 2 nitrogen and oxygen atoms in total. The molecule has 0 N–H and O–H groups in total. The lowest BCUT2D eigenvalue weighted by molar-refractivity contribution is -0.104. The van der Waals surface area contributed by atoms with Crippen LogP contribution < -0.4 is 0 Å². The lowest BCUT2D eigenvalue weighted by atomic mass is 10.4. The Morgan fingerprint density at radius 3 is 2.44 bits per heavy atom. The van der Waals surface area contributed by atoms with E-state index in [9.17, 15) is 4.79 Å². The van der Waals surface area contributed by atoms with Crippen molar-refractivity contribution in [2.75, 3.05) is 0 Å². The van der Waals surface area contributed by atoms with Crippen molar-refractivity contribution in [2.24, 2.45) is 4.99 Å². The summed E-state index contributed by atoms with van der Waals surface area (Å²) in [6.45, 7) is 6.79. The molecule has 0 amide bonds. The average molecular weight is 188 g/mol. The van der Waals surface area contributed by atoms with E-state index in [2.05, 4.69) is 34.1 Å². The number of halogens is 1. The van der Waals surface area contributed by atoms with Gasteiger partial charge in [0.15, 0.2) is 6.29 Å². The summed E-state index contributed by atoms with van der Waals surface area (Å²) >= 11 is 2.98. The molecule has 0 heterocycles. The third-order valence-corrected chi connectivity index (χ3v) is 0.727. The molecule has 0 bridgehead atoms. The first-order chi connectivity index (χ1) is 4.16. The first kappa shape index (κ1) is 8.30. The quantitative estimate of drug-likeness (QED) is 0.286. The van der Waals surface area contributed by atoms with Crippen molar-refractivity contribution in [1.82, 2.24) is 0 Å². The molecule has 0 aromatic rings. The standard InChI is InChI=1S/C6H6BrNO/c1-5(4-9)3-8-6(2)7/h3-4H,1-2H2/b8-3-. The highest BCUT2D eigenvalue weighted by atomic mass is 79.9. The molecule has 0 saturated carbocycles. The van der Waals surface area contributed by atoms with Crippen LogP contribution in [0.2, 0.25) is 0 Å². The molecule has 0 saturated heterocycles. The molecule has 0 aromatic carbocycles. The van der Waals surface area contributed by atoms with Gasteiger partial charge in [-0.1, -0.05) is 13.2 Å². The van der Waals surface area contributed by atoms with Gasteiger partial charge in [-0.2, -0.15) is 0 Å². The number of nitrogens with zero attached hydrogens (tertiary/aromatic N) is 1. The molecule has 0 spiro atoms. The van der Waals surface area contributed by atoms with Crippen LogP contribution in [0.1, 0.15) is 0 Å². The number of carbonyl (C=O) groups excluding carboxylic acids is 1. The van der Waals surface area contributed by atoms with E-state index in [0.29, 0.717) is 16.5 Å². The van der Waals surface area contributed by atoms with Crippen LogP contribution in [0.15, 0.2) is 28.3 Å². The molecule has 3 heteroatoms. The van der Waals surface area contributed by atoms with Crippen LogP contribution in [0.25, 0.3) is 0 Å². The Balaban J connectivity index is 3.85. The van der Waals surface area contributed by atoms with Crippen molar-refractivity contribution in [3.63, 3.8) is 0 Å². The fourth-order valence-electron chi connectivity index (χ4n) is 0.183. The number of allylic oxidation sites excluding steroid dienone is 1. The van der Waals surface area contributed by atoms with Crippen LogP contribution in [0.3, 0.4) is 0 Å². The van der Waals surface area contributed by atoms with E-state index in [4.69, 9.17) is 0 Å². The Bertz CT molecular complexity index is 172. The summed E-state index contributed by atoms with van der Waals surface area (Å²) in [6.07, 6.45) is 1.96. The number of hydrogen-bond donors (Lipinski definition) is 0. The van der Waals surface area contributed by atoms with Gasteiger partial charge in [-0.25, -0.2) is 4.99 Å². The van der Waals surface area contributed by atoms with Crippen molar-refractivity contribution < 1.29 is 4.79 Å². The van der Waals surface area contributed by atoms with Gasteiger partial charge >= 0.3 is 0 Å². The Labute approximate surface area is 62.1 Å². The van der Waals surface area contributed by atoms with Gasteiger partial charge < -0.3 is 0 Å². The molecule has 48 valence electrons. The zero-order valence-corrected chi connectivity index (χ0v) is 6.39. The van der Waals surface area contributed by atoms with E-state index >= 15 is 0 Å². The van der Waals surface area contributed by atoms with Crippen molar-refractivity contribution in [2.45, 2.75) is 0 Å². The molecule has 0 aliphatic heterocycles. The largest absolute Gasteiger partial charge is 0.298 e. The van der Waals surface area contributed by atoms with Crippen molar-refractivity contribution in [3.05, 3.63) is 23.3 Å². The molecule has 0 aliphatic carbocycles. The van der Waals surface area contributed by atoms with Crippen molar-refractivity contribution in [3.8, 4) is 0 Å². The average Bonchev–Trinajstić information content (AvgIpc) is 1.83. The van der Waals surface area contributed by atoms with Gasteiger partial charge in [-0.3, -0.25) is 4.79 Å². The van der Waals surface area contributed by atoms with E-state index in [0.717, 1.165) is 0 Å². The maximum Gasteiger partial charge on any atom is 0.150 e. The Hall–Kier alpha value is -0.700. The van der Waals surface area contributed by atoms with Gasteiger partial charge in [0.1, 0.15) is 0 Å². The fraction of sp³-hybridized carbons (Fsp3) is 0. The minimum Gasteiger partial charge on any atom is -0.298 e. The summed E-state index contributed by atoms with van der Waals surface area (Å²) in [6, 6.07) is 0. The van der Waals surface area contributed by atoms with Crippen molar-refractivity contribution >= 4 is 28.4 Å². The molecule has 0 fully saturated rings. The lowest BCUT2D eigenvalue weighted by Gasteiger charge is -1.82. The molecule has 0 atom stereocenters. The molecule has 0 rings (SSSR count). The zero-order chi connectivity index (χ0) is 7.28. The number of hydrogen-bond acceptors (Lipinski definition) is 2. The third kappa shape index (κ3) is 5.17. The smallest absolute Gasteiger partial charge is 0.150 e. The van der Waals surface area contributed by atoms with E-state index < -0.39 is 0 Å². The highest BCUT2D eigenvalue weighted by molar-refractivity contribution is 9.11. The maximum atomic E-state index is 9.88. The van der Waals surface area contributed by atoms with Gasteiger partial charge in [0.25, 0.3) is 0 Å². The lowest BCUT2D eigenvalue weighted by Crippen LogP contribution is -1.81. The van der Waals surface area contributed by atoms with Crippen LogP contribution in [-0.4, -0.2) is 12.5 Å². The predicted molar refractivity (Wildman–Crippen MR) is 41.8 cm³/mol. The summed E-state index contributed by atoms with van der Waals surface area (Å²) in [4.78, 5) is 13.5. The van der Waals surface area contributed by atoms with Gasteiger partial charge in [0.05, 0.1) is 4.61 Å². The van der Waals surface area contributed by atoms with Gasteiger partial charge in [-0.15, -0.1) is 0 Å². The van der Waals surface area contributed by atoms with Crippen LogP contribution in [0, 0.1) is 0 Å². The minimum absolute atomic E-state index is 0.329. The Morgan fingerprint density at radius 2 is 2.11 bits per heavy atom. The second-order valence-electron chi connectivity index (χ2n) is 1.33. The SMILES string of the molecule is C=C(C=O)/C=N\C(=C)Br. The molecular formula is C6H6BrNO. The van der Waals surface area contributed by atoms with Gasteiger partial charge in [0.2, 0.25) is 0 Å². The number of aliphatic imine (C=N–C) groups is 1. The Kier molecular flexibility index (Phi) is 3.88. The second-order valence-corrected chi connectivity index (χ2v) is 2.24. The minimum atomic E-state index is 0.329. The summed E-state index contributed by atoms with van der Waals surface area (Å²) in [5.41, 5.74) is 0.329. The van der Waals surface area contributed by atoms with E-state index in [1.807, 2.05) is 0 Å². The molecule has 0 aliphatic rings. The first-order valence-electron chi connectivity index (χ1n) is 2.19. The molecule has 0 unspecified atom stereocenters. The molecular weight excluding hydrogens is 182 g/mol. The molecule has 0 aromatic heterocycles. The van der Waals surface area contributed by atoms with Crippen LogP contribution in [0.5, 0.6) is 0 Å². The number of carbonyl (C=O) groups is 1. The maximum absolute atomic E-state index is 9.88. The fourth-order valence-corrected chi connectivity index (χ4v) is 0.286. The monoisotopic (exact) mass is 187 g/mol. The molecule has 0 radical (unpaired) electrons. The van der Waals surface area contributed by atoms with Gasteiger partial charge in [-0.05, 0) is 15.9 Å². The highest BCUT2D eigenvalue weighted by Crippen LogP contribution is 2.00.